The number of aromatic nitrogens is 2. The molecular weight excluding hydrogens is 374 g/mol. The number of nitrogens with one attached hydrogen (secondary N) is 1. The van der Waals surface area contributed by atoms with Crippen LogP contribution in [0, 0.1) is 11.3 Å². The summed E-state index contributed by atoms with van der Waals surface area (Å²) in [5.74, 6) is 0.537. The summed E-state index contributed by atoms with van der Waals surface area (Å²) in [6, 6.07) is 13.8. The first-order valence-corrected chi connectivity index (χ1v) is 8.61. The van der Waals surface area contributed by atoms with Gasteiger partial charge in [0.1, 0.15) is 18.5 Å². The molecule has 29 heavy (non-hydrogen) atoms. The number of benzene rings is 2. The van der Waals surface area contributed by atoms with Gasteiger partial charge in [-0.05, 0) is 35.9 Å². The largest absolute Gasteiger partial charge is 0.493 e. The van der Waals surface area contributed by atoms with Gasteiger partial charge in [0, 0.05) is 6.08 Å². The summed E-state index contributed by atoms with van der Waals surface area (Å²) in [7, 11) is 1.48. The highest BCUT2D eigenvalue weighted by molar-refractivity contribution is 5.87. The first-order chi connectivity index (χ1) is 14.1. The Kier molecular flexibility index (Phi) is 6.22. The Labute approximate surface area is 166 Å². The summed E-state index contributed by atoms with van der Waals surface area (Å²) >= 11 is 0. The number of hydrogen-bond donors (Lipinski definition) is 1. The van der Waals surface area contributed by atoms with Crippen molar-refractivity contribution in [1.82, 2.24) is 9.97 Å². The van der Waals surface area contributed by atoms with Gasteiger partial charge in [-0.1, -0.05) is 18.2 Å². The van der Waals surface area contributed by atoms with Crippen LogP contribution in [0.15, 0.2) is 53.3 Å². The number of H-pyrrole nitrogens is 1. The summed E-state index contributed by atoms with van der Waals surface area (Å²) in [6.45, 7) is -0.254. The third-order valence-electron chi connectivity index (χ3n) is 3.90. The highest BCUT2D eigenvalue weighted by atomic mass is 16.5. The lowest BCUT2D eigenvalue weighted by atomic mass is 10.2. The maximum atomic E-state index is 12.0. The smallest absolute Gasteiger partial charge is 0.331 e. The van der Waals surface area contributed by atoms with Gasteiger partial charge in [-0.2, -0.15) is 5.26 Å². The molecule has 0 aliphatic rings. The molecule has 146 valence electrons. The van der Waals surface area contributed by atoms with Crippen molar-refractivity contribution < 1.29 is 19.0 Å². The van der Waals surface area contributed by atoms with Crippen molar-refractivity contribution in [3.8, 4) is 17.6 Å². The third-order valence-corrected chi connectivity index (χ3v) is 3.90. The van der Waals surface area contributed by atoms with Gasteiger partial charge >= 0.3 is 5.97 Å². The topological polar surface area (TPSA) is 114 Å². The van der Waals surface area contributed by atoms with E-state index in [1.165, 1.54) is 13.2 Å². The van der Waals surface area contributed by atoms with E-state index in [0.29, 0.717) is 28.0 Å². The number of para-hydroxylation sites is 1. The zero-order valence-electron chi connectivity index (χ0n) is 15.5. The van der Waals surface area contributed by atoms with Crippen LogP contribution >= 0.6 is 0 Å². The predicted molar refractivity (Wildman–Crippen MR) is 105 cm³/mol. The number of fused-ring (bicyclic) bond motifs is 1. The van der Waals surface area contributed by atoms with Crippen molar-refractivity contribution in [1.29, 1.82) is 5.26 Å². The Balaban J connectivity index is 1.64. The number of carbonyl (C=O) groups is 1. The molecule has 8 nitrogen and oxygen atoms in total. The average Bonchev–Trinajstić information content (AvgIpc) is 2.75. The number of ether oxygens (including phenoxy) is 3. The molecule has 0 aliphatic heterocycles. The highest BCUT2D eigenvalue weighted by Gasteiger charge is 2.07. The number of methoxy groups -OCH3 is 1. The molecule has 1 heterocycles. The third kappa shape index (κ3) is 4.99. The average molecular weight is 391 g/mol. The van der Waals surface area contributed by atoms with Gasteiger partial charge in [-0.25, -0.2) is 9.78 Å². The van der Waals surface area contributed by atoms with Gasteiger partial charge in [0.2, 0.25) is 0 Å². The molecule has 0 bridgehead atoms. The van der Waals surface area contributed by atoms with Crippen LogP contribution in [0.5, 0.6) is 11.5 Å². The summed E-state index contributed by atoms with van der Waals surface area (Å²) < 4.78 is 15.6. The van der Waals surface area contributed by atoms with Crippen molar-refractivity contribution in [2.75, 3.05) is 13.7 Å². The van der Waals surface area contributed by atoms with Gasteiger partial charge in [-0.15, -0.1) is 0 Å². The van der Waals surface area contributed by atoms with E-state index in [4.69, 9.17) is 19.5 Å². The second-order valence-electron chi connectivity index (χ2n) is 5.83. The minimum Gasteiger partial charge on any atom is -0.493 e. The van der Waals surface area contributed by atoms with E-state index >= 15 is 0 Å². The summed E-state index contributed by atoms with van der Waals surface area (Å²) in [5, 5.41) is 9.06. The number of esters is 1. The highest BCUT2D eigenvalue weighted by Crippen LogP contribution is 2.28. The van der Waals surface area contributed by atoms with E-state index in [2.05, 4.69) is 9.97 Å². The minimum absolute atomic E-state index is 0.0945. The Morgan fingerprint density at radius 1 is 1.24 bits per heavy atom. The van der Waals surface area contributed by atoms with Crippen LogP contribution in [0.1, 0.15) is 11.4 Å². The molecule has 1 aromatic heterocycles. The molecule has 0 atom stereocenters. The van der Waals surface area contributed by atoms with Crippen molar-refractivity contribution in [3.63, 3.8) is 0 Å². The number of rotatable bonds is 7. The van der Waals surface area contributed by atoms with Crippen LogP contribution in [0.2, 0.25) is 0 Å². The van der Waals surface area contributed by atoms with Gasteiger partial charge in [-0.3, -0.25) is 4.79 Å². The second kappa shape index (κ2) is 9.19. The van der Waals surface area contributed by atoms with Crippen molar-refractivity contribution in [2.45, 2.75) is 6.61 Å². The maximum Gasteiger partial charge on any atom is 0.331 e. The zero-order valence-corrected chi connectivity index (χ0v) is 15.5. The summed E-state index contributed by atoms with van der Waals surface area (Å²) in [4.78, 5) is 30.9. The van der Waals surface area contributed by atoms with E-state index in [1.54, 1.807) is 48.5 Å². The van der Waals surface area contributed by atoms with Crippen LogP contribution in [0.4, 0.5) is 0 Å². The lowest BCUT2D eigenvalue weighted by Gasteiger charge is -2.08. The monoisotopic (exact) mass is 391 g/mol. The molecule has 0 amide bonds. The molecule has 0 saturated carbocycles. The minimum atomic E-state index is -0.593. The second-order valence-corrected chi connectivity index (χ2v) is 5.83. The van der Waals surface area contributed by atoms with Gasteiger partial charge < -0.3 is 19.2 Å². The van der Waals surface area contributed by atoms with Crippen LogP contribution in [0.3, 0.4) is 0 Å². The fourth-order valence-electron chi connectivity index (χ4n) is 2.57. The predicted octanol–water partition coefficient (Wildman–Crippen LogP) is 2.59. The standard InChI is InChI=1S/C21H17N3O5/c1-27-18-12-14(6-8-17(18)28-11-10-22)7-9-20(25)29-13-19-23-16-5-3-2-4-15(16)21(26)24-19/h2-9,12H,11,13H2,1H3,(H,23,24,26)/b9-7+. The number of carbonyl (C=O) groups excluding carboxylic acids is 1. The molecule has 0 aliphatic carbocycles. The zero-order chi connectivity index (χ0) is 20.6. The molecule has 3 aromatic rings. The Morgan fingerprint density at radius 2 is 2.07 bits per heavy atom. The lowest BCUT2D eigenvalue weighted by molar-refractivity contribution is -0.139. The lowest BCUT2D eigenvalue weighted by Crippen LogP contribution is -2.13. The van der Waals surface area contributed by atoms with E-state index in [-0.39, 0.29) is 24.6 Å². The molecule has 3 rings (SSSR count). The van der Waals surface area contributed by atoms with Crippen molar-refractivity contribution >= 4 is 22.9 Å². The van der Waals surface area contributed by atoms with Crippen molar-refractivity contribution in [3.05, 3.63) is 70.3 Å². The van der Waals surface area contributed by atoms with E-state index < -0.39 is 5.97 Å². The summed E-state index contributed by atoms with van der Waals surface area (Å²) in [6.07, 6.45) is 2.80. The number of hydrogen-bond acceptors (Lipinski definition) is 7. The molecule has 0 radical (unpaired) electrons. The molecule has 8 heteroatoms. The fraction of sp³-hybridized carbons (Fsp3) is 0.143. The van der Waals surface area contributed by atoms with Crippen LogP contribution in [-0.4, -0.2) is 29.7 Å². The maximum absolute atomic E-state index is 12.0. The normalized spacial score (nSPS) is 10.6. The molecule has 0 spiro atoms. The molecular formula is C21H17N3O5. The Bertz CT molecular complexity index is 1160. The number of nitriles is 1. The number of aromatic amines is 1. The van der Waals surface area contributed by atoms with E-state index in [1.807, 2.05) is 6.07 Å². The molecule has 2 aromatic carbocycles. The van der Waals surface area contributed by atoms with Crippen LogP contribution < -0.4 is 15.0 Å². The van der Waals surface area contributed by atoms with Gasteiger partial charge in [0.25, 0.3) is 5.56 Å². The molecule has 1 N–H and O–H groups in total. The van der Waals surface area contributed by atoms with Gasteiger partial charge in [0.05, 0.1) is 18.0 Å². The molecule has 0 saturated heterocycles. The van der Waals surface area contributed by atoms with E-state index in [9.17, 15) is 9.59 Å². The van der Waals surface area contributed by atoms with E-state index in [0.717, 1.165) is 0 Å². The van der Waals surface area contributed by atoms with Gasteiger partial charge in [0.15, 0.2) is 18.1 Å². The molecule has 0 fully saturated rings. The Hall–Kier alpha value is -4.12. The summed E-state index contributed by atoms with van der Waals surface area (Å²) in [5.41, 5.74) is 0.923. The van der Waals surface area contributed by atoms with Crippen LogP contribution in [0.25, 0.3) is 17.0 Å². The van der Waals surface area contributed by atoms with Crippen molar-refractivity contribution in [2.24, 2.45) is 0 Å². The first-order valence-electron chi connectivity index (χ1n) is 8.61. The quantitative estimate of drug-likeness (QED) is 0.486. The SMILES string of the molecule is COc1cc(/C=C/C(=O)OCc2nc3ccccc3c(=O)[nH]2)ccc1OCC#N. The van der Waals surface area contributed by atoms with Crippen LogP contribution in [-0.2, 0) is 16.1 Å². The fourth-order valence-corrected chi connectivity index (χ4v) is 2.57. The number of nitrogens with zero attached hydrogens (tertiary/aromatic N) is 2. The Morgan fingerprint density at radius 3 is 2.86 bits per heavy atom. The molecule has 0 unspecified atom stereocenters. The first kappa shape index (κ1) is 19.6.